The van der Waals surface area contributed by atoms with Crippen LogP contribution in [0.15, 0.2) is 18.2 Å². The Bertz CT molecular complexity index is 480. The molecule has 2 N–H and O–H groups in total. The molecule has 0 bridgehead atoms. The molecule has 3 rings (SSSR count). The van der Waals surface area contributed by atoms with E-state index in [1.807, 2.05) is 17.0 Å². The summed E-state index contributed by atoms with van der Waals surface area (Å²) in [6, 6.07) is 6.05. The van der Waals surface area contributed by atoms with Crippen molar-refractivity contribution in [3.63, 3.8) is 0 Å². The third-order valence-electron chi connectivity index (χ3n) is 4.11. The lowest BCUT2D eigenvalue weighted by Crippen LogP contribution is -2.41. The summed E-state index contributed by atoms with van der Waals surface area (Å²) in [5.74, 6) is 0.257. The SMILES string of the molecule is Nc1ccc2c(c1)N(CC(=O)N1CCCC1)CCC2. The number of nitrogen functional groups attached to an aromatic ring is 1. The van der Waals surface area contributed by atoms with Gasteiger partial charge < -0.3 is 15.5 Å². The van der Waals surface area contributed by atoms with E-state index in [2.05, 4.69) is 11.0 Å². The van der Waals surface area contributed by atoms with Crippen molar-refractivity contribution in [3.05, 3.63) is 23.8 Å². The molecule has 0 saturated carbocycles. The van der Waals surface area contributed by atoms with E-state index in [1.165, 1.54) is 5.56 Å². The molecule has 1 amide bonds. The van der Waals surface area contributed by atoms with Crippen molar-refractivity contribution in [3.8, 4) is 0 Å². The van der Waals surface area contributed by atoms with E-state index in [0.29, 0.717) is 6.54 Å². The summed E-state index contributed by atoms with van der Waals surface area (Å²) >= 11 is 0. The van der Waals surface area contributed by atoms with Gasteiger partial charge in [-0.25, -0.2) is 0 Å². The number of nitrogens with zero attached hydrogens (tertiary/aromatic N) is 2. The number of benzene rings is 1. The fourth-order valence-corrected chi connectivity index (χ4v) is 3.06. The first kappa shape index (κ1) is 12.3. The van der Waals surface area contributed by atoms with Gasteiger partial charge in [0.1, 0.15) is 0 Å². The molecule has 2 aliphatic heterocycles. The number of amides is 1. The van der Waals surface area contributed by atoms with Gasteiger partial charge in [-0.15, -0.1) is 0 Å². The lowest BCUT2D eigenvalue weighted by atomic mass is 10.0. The average Bonchev–Trinajstić information content (AvgIpc) is 2.93. The first-order valence-electron chi connectivity index (χ1n) is 7.15. The molecule has 19 heavy (non-hydrogen) atoms. The number of carbonyl (C=O) groups excluding carboxylic acids is 1. The van der Waals surface area contributed by atoms with E-state index in [0.717, 1.165) is 56.7 Å². The highest BCUT2D eigenvalue weighted by atomic mass is 16.2. The molecule has 2 aliphatic rings. The van der Waals surface area contributed by atoms with Gasteiger partial charge in [0, 0.05) is 31.0 Å². The Balaban J connectivity index is 1.75. The van der Waals surface area contributed by atoms with Crippen LogP contribution in [0, 0.1) is 0 Å². The van der Waals surface area contributed by atoms with Crippen molar-refractivity contribution in [2.24, 2.45) is 0 Å². The number of rotatable bonds is 2. The van der Waals surface area contributed by atoms with Crippen molar-refractivity contribution in [1.82, 2.24) is 4.90 Å². The van der Waals surface area contributed by atoms with Crippen LogP contribution in [0.3, 0.4) is 0 Å². The zero-order valence-electron chi connectivity index (χ0n) is 11.3. The van der Waals surface area contributed by atoms with E-state index >= 15 is 0 Å². The normalized spacial score (nSPS) is 18.5. The van der Waals surface area contributed by atoms with Gasteiger partial charge in [0.15, 0.2) is 0 Å². The molecule has 2 heterocycles. The third-order valence-corrected chi connectivity index (χ3v) is 4.11. The molecular weight excluding hydrogens is 238 g/mol. The molecule has 0 atom stereocenters. The number of aryl methyl sites for hydroxylation is 1. The second kappa shape index (κ2) is 5.11. The molecule has 0 aliphatic carbocycles. The molecule has 1 fully saturated rings. The highest BCUT2D eigenvalue weighted by Gasteiger charge is 2.23. The van der Waals surface area contributed by atoms with Crippen LogP contribution < -0.4 is 10.6 Å². The number of fused-ring (bicyclic) bond motifs is 1. The average molecular weight is 259 g/mol. The summed E-state index contributed by atoms with van der Waals surface area (Å²) in [5, 5.41) is 0. The number of anilines is 2. The van der Waals surface area contributed by atoms with Crippen LogP contribution in [0.1, 0.15) is 24.8 Å². The van der Waals surface area contributed by atoms with Crippen LogP contribution in [0.4, 0.5) is 11.4 Å². The summed E-state index contributed by atoms with van der Waals surface area (Å²) in [6.07, 6.45) is 4.50. The highest BCUT2D eigenvalue weighted by molar-refractivity contribution is 5.82. The molecule has 0 aromatic heterocycles. The molecule has 4 nitrogen and oxygen atoms in total. The number of likely N-dealkylation sites (tertiary alicyclic amines) is 1. The minimum Gasteiger partial charge on any atom is -0.399 e. The minimum absolute atomic E-state index is 0.257. The van der Waals surface area contributed by atoms with Gasteiger partial charge in [0.2, 0.25) is 5.91 Å². The monoisotopic (exact) mass is 259 g/mol. The summed E-state index contributed by atoms with van der Waals surface area (Å²) in [7, 11) is 0. The van der Waals surface area contributed by atoms with Gasteiger partial charge in [-0.1, -0.05) is 6.07 Å². The maximum Gasteiger partial charge on any atom is 0.242 e. The second-order valence-electron chi connectivity index (χ2n) is 5.50. The molecule has 102 valence electrons. The first-order valence-corrected chi connectivity index (χ1v) is 7.15. The maximum atomic E-state index is 12.3. The molecule has 4 heteroatoms. The van der Waals surface area contributed by atoms with E-state index in [4.69, 9.17) is 5.73 Å². The standard InChI is InChI=1S/C15H21N3O/c16-13-6-5-12-4-3-9-18(14(12)10-13)11-15(19)17-7-1-2-8-17/h5-6,10H,1-4,7-9,11,16H2. The molecule has 0 spiro atoms. The van der Waals surface area contributed by atoms with Crippen molar-refractivity contribution < 1.29 is 4.79 Å². The summed E-state index contributed by atoms with van der Waals surface area (Å²) in [4.78, 5) is 16.4. The van der Waals surface area contributed by atoms with Gasteiger partial charge in [-0.2, -0.15) is 0 Å². The topological polar surface area (TPSA) is 49.6 Å². The van der Waals surface area contributed by atoms with Gasteiger partial charge in [0.05, 0.1) is 6.54 Å². The molecule has 1 saturated heterocycles. The Hall–Kier alpha value is -1.71. The predicted octanol–water partition coefficient (Wildman–Crippen LogP) is 1.64. The first-order chi connectivity index (χ1) is 9.24. The quantitative estimate of drug-likeness (QED) is 0.822. The maximum absolute atomic E-state index is 12.3. The van der Waals surface area contributed by atoms with E-state index in [1.54, 1.807) is 0 Å². The number of nitrogens with two attached hydrogens (primary N) is 1. The fourth-order valence-electron chi connectivity index (χ4n) is 3.06. The lowest BCUT2D eigenvalue weighted by molar-refractivity contribution is -0.128. The van der Waals surface area contributed by atoms with Gasteiger partial charge in [-0.05, 0) is 43.4 Å². The number of carbonyl (C=O) groups is 1. The van der Waals surface area contributed by atoms with Crippen LogP contribution in [0.2, 0.25) is 0 Å². The fraction of sp³-hybridized carbons (Fsp3) is 0.533. The van der Waals surface area contributed by atoms with Crippen molar-refractivity contribution in [1.29, 1.82) is 0 Å². The van der Waals surface area contributed by atoms with E-state index in [9.17, 15) is 4.79 Å². The Labute approximate surface area is 114 Å². The zero-order chi connectivity index (χ0) is 13.2. The largest absolute Gasteiger partial charge is 0.399 e. The van der Waals surface area contributed by atoms with E-state index in [-0.39, 0.29) is 5.91 Å². The van der Waals surface area contributed by atoms with Crippen LogP contribution >= 0.6 is 0 Å². The Morgan fingerprint density at radius 2 is 1.95 bits per heavy atom. The highest BCUT2D eigenvalue weighted by Crippen LogP contribution is 2.29. The van der Waals surface area contributed by atoms with E-state index < -0.39 is 0 Å². The smallest absolute Gasteiger partial charge is 0.242 e. The molecule has 1 aromatic carbocycles. The van der Waals surface area contributed by atoms with Crippen molar-refractivity contribution >= 4 is 17.3 Å². The summed E-state index contributed by atoms with van der Waals surface area (Å²) in [5.41, 5.74) is 9.12. The molecular formula is C15H21N3O. The van der Waals surface area contributed by atoms with Gasteiger partial charge in [-0.3, -0.25) is 4.79 Å². The van der Waals surface area contributed by atoms with Crippen LogP contribution in [0.5, 0.6) is 0 Å². The van der Waals surface area contributed by atoms with Crippen molar-refractivity contribution in [2.75, 3.05) is 36.8 Å². The van der Waals surface area contributed by atoms with Crippen molar-refractivity contribution in [2.45, 2.75) is 25.7 Å². The number of hydrogen-bond donors (Lipinski definition) is 1. The van der Waals surface area contributed by atoms with Gasteiger partial charge >= 0.3 is 0 Å². The van der Waals surface area contributed by atoms with Crippen LogP contribution in [-0.2, 0) is 11.2 Å². The Morgan fingerprint density at radius 1 is 1.16 bits per heavy atom. The Morgan fingerprint density at radius 3 is 2.74 bits per heavy atom. The zero-order valence-corrected chi connectivity index (χ0v) is 11.3. The molecule has 1 aromatic rings. The van der Waals surface area contributed by atoms with Gasteiger partial charge in [0.25, 0.3) is 0 Å². The predicted molar refractivity (Wildman–Crippen MR) is 77.2 cm³/mol. The minimum atomic E-state index is 0.257. The van der Waals surface area contributed by atoms with Crippen LogP contribution in [0.25, 0.3) is 0 Å². The molecule has 0 radical (unpaired) electrons. The lowest BCUT2D eigenvalue weighted by Gasteiger charge is -2.32. The molecule has 0 unspecified atom stereocenters. The second-order valence-corrected chi connectivity index (χ2v) is 5.50. The third kappa shape index (κ3) is 2.53. The number of hydrogen-bond acceptors (Lipinski definition) is 3. The summed E-state index contributed by atoms with van der Waals surface area (Å²) < 4.78 is 0. The summed E-state index contributed by atoms with van der Waals surface area (Å²) in [6.45, 7) is 3.30. The van der Waals surface area contributed by atoms with Crippen LogP contribution in [-0.4, -0.2) is 37.0 Å². The Kier molecular flexibility index (Phi) is 3.32.